The lowest BCUT2D eigenvalue weighted by atomic mass is 10.4. The molecule has 0 N–H and O–H groups in total. The number of amides is 1. The molecule has 14 heavy (non-hydrogen) atoms. The maximum Gasteiger partial charge on any atom is 0.248 e. The smallest absolute Gasteiger partial charge is 0.248 e. The highest BCUT2D eigenvalue weighted by molar-refractivity contribution is 5.77. The zero-order chi connectivity index (χ0) is 10.8. The van der Waals surface area contributed by atoms with E-state index < -0.39 is 0 Å². The number of carbonyl (C=O) groups is 2. The molecule has 0 bridgehead atoms. The monoisotopic (exact) mass is 203 g/mol. The first-order chi connectivity index (χ1) is 6.72. The second-order valence-corrected chi connectivity index (χ2v) is 2.82. The van der Waals surface area contributed by atoms with Gasteiger partial charge in [-0.2, -0.15) is 0 Å². The lowest BCUT2D eigenvalue weighted by molar-refractivity contribution is -0.135. The first-order valence-corrected chi connectivity index (χ1v) is 4.46. The molecule has 0 aliphatic heterocycles. The van der Waals surface area contributed by atoms with E-state index in [0.717, 1.165) is 6.29 Å². The van der Waals surface area contributed by atoms with Crippen LogP contribution in [0.3, 0.4) is 0 Å². The Kier molecular flexibility index (Phi) is 8.07. The van der Waals surface area contributed by atoms with E-state index in [1.54, 1.807) is 14.2 Å². The van der Waals surface area contributed by atoms with Crippen LogP contribution in [0.25, 0.3) is 0 Å². The molecule has 0 saturated heterocycles. The zero-order valence-corrected chi connectivity index (χ0v) is 8.69. The second kappa shape index (κ2) is 8.65. The van der Waals surface area contributed by atoms with Crippen molar-refractivity contribution in [2.75, 3.05) is 40.5 Å². The van der Waals surface area contributed by atoms with Crippen LogP contribution >= 0.6 is 0 Å². The molecule has 0 aliphatic carbocycles. The van der Waals surface area contributed by atoms with E-state index in [0.29, 0.717) is 26.2 Å². The third-order valence-electron chi connectivity index (χ3n) is 1.67. The fourth-order valence-corrected chi connectivity index (χ4v) is 0.783. The molecule has 0 aromatic heterocycles. The van der Waals surface area contributed by atoms with Gasteiger partial charge in [-0.15, -0.1) is 0 Å². The van der Waals surface area contributed by atoms with Gasteiger partial charge in [-0.25, -0.2) is 0 Å². The van der Waals surface area contributed by atoms with Crippen molar-refractivity contribution in [3.05, 3.63) is 0 Å². The van der Waals surface area contributed by atoms with Crippen LogP contribution in [0, 0.1) is 0 Å². The van der Waals surface area contributed by atoms with Crippen LogP contribution in [0.2, 0.25) is 0 Å². The third-order valence-corrected chi connectivity index (χ3v) is 1.67. The fraction of sp³-hybridized carbons (Fsp3) is 0.778. The highest BCUT2D eigenvalue weighted by Gasteiger charge is 2.07. The normalized spacial score (nSPS) is 9.86. The summed E-state index contributed by atoms with van der Waals surface area (Å²) in [5.74, 6) is -0.122. The largest absolute Gasteiger partial charge is 0.382 e. The highest BCUT2D eigenvalue weighted by atomic mass is 16.5. The minimum atomic E-state index is -0.122. The summed E-state index contributed by atoms with van der Waals surface area (Å²) in [6.07, 6.45) is 1.15. The SMILES string of the molecule is COCCOCC(=O)N(C)CCC=O. The van der Waals surface area contributed by atoms with Crippen LogP contribution in [0.1, 0.15) is 6.42 Å². The molecule has 0 heterocycles. The molecule has 0 unspecified atom stereocenters. The number of aldehydes is 1. The Morgan fingerprint density at radius 2 is 2.14 bits per heavy atom. The van der Waals surface area contributed by atoms with E-state index in [9.17, 15) is 9.59 Å². The summed E-state index contributed by atoms with van der Waals surface area (Å²) < 4.78 is 9.79. The molecule has 1 amide bonds. The molecule has 0 radical (unpaired) electrons. The van der Waals surface area contributed by atoms with E-state index in [2.05, 4.69) is 0 Å². The van der Waals surface area contributed by atoms with Gasteiger partial charge in [0.15, 0.2) is 0 Å². The summed E-state index contributed by atoms with van der Waals surface area (Å²) in [6.45, 7) is 1.36. The number of hydrogen-bond acceptors (Lipinski definition) is 4. The first kappa shape index (κ1) is 13.1. The van der Waals surface area contributed by atoms with Crippen molar-refractivity contribution >= 4 is 12.2 Å². The highest BCUT2D eigenvalue weighted by Crippen LogP contribution is 1.88. The molecule has 0 rings (SSSR count). The van der Waals surface area contributed by atoms with Gasteiger partial charge in [0.05, 0.1) is 13.2 Å². The predicted octanol–water partition coefficient (Wildman–Crippen LogP) is -0.303. The van der Waals surface area contributed by atoms with Gasteiger partial charge in [-0.3, -0.25) is 4.79 Å². The zero-order valence-electron chi connectivity index (χ0n) is 8.69. The Hall–Kier alpha value is -0.940. The quantitative estimate of drug-likeness (QED) is 0.401. The van der Waals surface area contributed by atoms with Gasteiger partial charge in [0.2, 0.25) is 5.91 Å². The summed E-state index contributed by atoms with van der Waals surface area (Å²) >= 11 is 0. The molecule has 82 valence electrons. The Labute approximate surface area is 84.0 Å². The van der Waals surface area contributed by atoms with Crippen molar-refractivity contribution in [3.63, 3.8) is 0 Å². The number of methoxy groups -OCH3 is 1. The van der Waals surface area contributed by atoms with Gasteiger partial charge < -0.3 is 19.2 Å². The summed E-state index contributed by atoms with van der Waals surface area (Å²) in [5, 5.41) is 0. The van der Waals surface area contributed by atoms with E-state index in [1.807, 2.05) is 0 Å². The summed E-state index contributed by atoms with van der Waals surface area (Å²) in [5.41, 5.74) is 0. The Bertz CT molecular complexity index is 172. The van der Waals surface area contributed by atoms with Gasteiger partial charge in [-0.05, 0) is 0 Å². The van der Waals surface area contributed by atoms with Crippen molar-refractivity contribution in [1.29, 1.82) is 0 Å². The molecule has 0 aromatic carbocycles. The Balaban J connectivity index is 3.46. The van der Waals surface area contributed by atoms with Crippen LogP contribution in [0.5, 0.6) is 0 Å². The molecule has 0 aliphatic rings. The van der Waals surface area contributed by atoms with Crippen molar-refractivity contribution < 1.29 is 19.1 Å². The Morgan fingerprint density at radius 3 is 2.71 bits per heavy atom. The minimum absolute atomic E-state index is 0.0404. The average Bonchev–Trinajstić information content (AvgIpc) is 2.20. The molecule has 0 fully saturated rings. The van der Waals surface area contributed by atoms with Crippen molar-refractivity contribution in [2.45, 2.75) is 6.42 Å². The number of nitrogens with zero attached hydrogens (tertiary/aromatic N) is 1. The first-order valence-electron chi connectivity index (χ1n) is 4.46. The van der Waals surface area contributed by atoms with E-state index in [1.165, 1.54) is 4.90 Å². The molecule has 0 aromatic rings. The summed E-state index contributed by atoms with van der Waals surface area (Å²) in [4.78, 5) is 22.8. The average molecular weight is 203 g/mol. The maximum atomic E-state index is 11.3. The second-order valence-electron chi connectivity index (χ2n) is 2.82. The van der Waals surface area contributed by atoms with E-state index >= 15 is 0 Å². The van der Waals surface area contributed by atoms with Gasteiger partial charge >= 0.3 is 0 Å². The van der Waals surface area contributed by atoms with Crippen molar-refractivity contribution in [3.8, 4) is 0 Å². The number of carbonyl (C=O) groups excluding carboxylic acids is 2. The van der Waals surface area contributed by atoms with E-state index in [-0.39, 0.29) is 12.5 Å². The van der Waals surface area contributed by atoms with Crippen LogP contribution in [-0.2, 0) is 19.1 Å². The number of ether oxygens (including phenoxy) is 2. The van der Waals surface area contributed by atoms with Crippen LogP contribution in [0.4, 0.5) is 0 Å². The molecule has 5 nitrogen and oxygen atoms in total. The van der Waals surface area contributed by atoms with Gasteiger partial charge in [0.25, 0.3) is 0 Å². The van der Waals surface area contributed by atoms with Gasteiger partial charge in [0.1, 0.15) is 12.9 Å². The van der Waals surface area contributed by atoms with Crippen molar-refractivity contribution in [2.24, 2.45) is 0 Å². The topological polar surface area (TPSA) is 55.8 Å². The summed E-state index contributed by atoms with van der Waals surface area (Å²) in [6, 6.07) is 0. The van der Waals surface area contributed by atoms with Crippen molar-refractivity contribution in [1.82, 2.24) is 4.90 Å². The lowest BCUT2D eigenvalue weighted by Gasteiger charge is -2.15. The lowest BCUT2D eigenvalue weighted by Crippen LogP contribution is -2.31. The van der Waals surface area contributed by atoms with E-state index in [4.69, 9.17) is 9.47 Å². The third kappa shape index (κ3) is 6.56. The van der Waals surface area contributed by atoms with Crippen LogP contribution in [-0.4, -0.2) is 57.6 Å². The fourth-order valence-electron chi connectivity index (χ4n) is 0.783. The maximum absolute atomic E-state index is 11.3. The molecule has 0 saturated carbocycles. The predicted molar refractivity (Wildman–Crippen MR) is 51.0 cm³/mol. The molecule has 5 heteroatoms. The molecular formula is C9H17NO4. The van der Waals surface area contributed by atoms with Gasteiger partial charge in [-0.1, -0.05) is 0 Å². The summed E-state index contributed by atoms with van der Waals surface area (Å²) in [7, 11) is 3.22. The van der Waals surface area contributed by atoms with Gasteiger partial charge in [0, 0.05) is 27.1 Å². The Morgan fingerprint density at radius 1 is 1.43 bits per heavy atom. The molecule has 0 spiro atoms. The number of hydrogen-bond donors (Lipinski definition) is 0. The number of likely N-dealkylation sites (N-methyl/N-ethyl adjacent to an activating group) is 1. The number of rotatable bonds is 8. The molecular weight excluding hydrogens is 186 g/mol. The molecule has 0 atom stereocenters. The van der Waals surface area contributed by atoms with Crippen LogP contribution < -0.4 is 0 Å². The van der Waals surface area contributed by atoms with Crippen LogP contribution in [0.15, 0.2) is 0 Å². The standard InChI is InChI=1S/C9H17NO4/c1-10(4-3-5-11)9(12)8-14-7-6-13-2/h5H,3-4,6-8H2,1-2H3. The minimum Gasteiger partial charge on any atom is -0.382 e.